The maximum atomic E-state index is 13.3. The van der Waals surface area contributed by atoms with Crippen LogP contribution >= 0.6 is 0 Å². The molecule has 0 aromatic heterocycles. The van der Waals surface area contributed by atoms with Crippen molar-refractivity contribution in [2.24, 2.45) is 11.7 Å². The molecule has 0 radical (unpaired) electrons. The van der Waals surface area contributed by atoms with Crippen LogP contribution in [0.15, 0.2) is 18.2 Å². The van der Waals surface area contributed by atoms with Gasteiger partial charge in [0.25, 0.3) is 0 Å². The highest BCUT2D eigenvalue weighted by Gasteiger charge is 2.49. The van der Waals surface area contributed by atoms with E-state index in [1.54, 1.807) is 6.07 Å². The molecule has 1 atom stereocenters. The van der Waals surface area contributed by atoms with Gasteiger partial charge in [-0.1, -0.05) is 6.07 Å². The fraction of sp³-hybridized carbons (Fsp3) is 0.500. The SMILES string of the molecule is NC(CN1CCc2ccc(F)cc21)(C(=O)O)C1CC1. The number of anilines is 1. The van der Waals surface area contributed by atoms with Crippen molar-refractivity contribution in [2.45, 2.75) is 24.8 Å². The van der Waals surface area contributed by atoms with Crippen LogP contribution in [0.2, 0.25) is 0 Å². The first-order valence-electron chi connectivity index (χ1n) is 6.56. The fourth-order valence-corrected chi connectivity index (χ4v) is 2.87. The van der Waals surface area contributed by atoms with Crippen molar-refractivity contribution < 1.29 is 14.3 Å². The van der Waals surface area contributed by atoms with Crippen molar-refractivity contribution >= 4 is 11.7 Å². The van der Waals surface area contributed by atoms with Crippen LogP contribution in [-0.4, -0.2) is 29.7 Å². The summed E-state index contributed by atoms with van der Waals surface area (Å²) < 4.78 is 13.3. The summed E-state index contributed by atoms with van der Waals surface area (Å²) in [6, 6.07) is 4.67. The molecule has 1 fully saturated rings. The molecule has 102 valence electrons. The molecule has 19 heavy (non-hydrogen) atoms. The van der Waals surface area contributed by atoms with Gasteiger partial charge in [-0.05, 0) is 42.9 Å². The minimum Gasteiger partial charge on any atom is -0.480 e. The third kappa shape index (κ3) is 2.08. The van der Waals surface area contributed by atoms with Crippen LogP contribution in [-0.2, 0) is 11.2 Å². The average molecular weight is 264 g/mol. The molecular weight excluding hydrogens is 247 g/mol. The number of nitrogens with two attached hydrogens (primary N) is 1. The van der Waals surface area contributed by atoms with Gasteiger partial charge in [0.15, 0.2) is 0 Å². The zero-order valence-electron chi connectivity index (χ0n) is 10.6. The minimum atomic E-state index is -1.21. The summed E-state index contributed by atoms with van der Waals surface area (Å²) in [6.45, 7) is 0.960. The van der Waals surface area contributed by atoms with E-state index < -0.39 is 11.5 Å². The van der Waals surface area contributed by atoms with Crippen molar-refractivity contribution in [3.05, 3.63) is 29.6 Å². The van der Waals surface area contributed by atoms with E-state index >= 15 is 0 Å². The third-order valence-electron chi connectivity index (χ3n) is 4.20. The molecule has 1 saturated carbocycles. The van der Waals surface area contributed by atoms with Gasteiger partial charge in [0.1, 0.15) is 11.4 Å². The molecule has 3 rings (SSSR count). The molecule has 0 bridgehead atoms. The Morgan fingerprint density at radius 1 is 1.53 bits per heavy atom. The van der Waals surface area contributed by atoms with Crippen molar-refractivity contribution in [3.8, 4) is 0 Å². The van der Waals surface area contributed by atoms with Crippen molar-refractivity contribution in [1.82, 2.24) is 0 Å². The number of carboxylic acid groups (broad SMARTS) is 1. The quantitative estimate of drug-likeness (QED) is 0.862. The molecule has 1 unspecified atom stereocenters. The number of nitrogens with zero attached hydrogens (tertiary/aromatic N) is 1. The van der Waals surface area contributed by atoms with E-state index in [2.05, 4.69) is 0 Å². The molecule has 1 aromatic rings. The summed E-state index contributed by atoms with van der Waals surface area (Å²) in [7, 11) is 0. The summed E-state index contributed by atoms with van der Waals surface area (Å²) >= 11 is 0. The second-order valence-corrected chi connectivity index (χ2v) is 5.56. The third-order valence-corrected chi connectivity index (χ3v) is 4.20. The van der Waals surface area contributed by atoms with E-state index in [4.69, 9.17) is 5.73 Å². The molecule has 1 aliphatic carbocycles. The second kappa shape index (κ2) is 4.20. The smallest absolute Gasteiger partial charge is 0.325 e. The number of carbonyl (C=O) groups is 1. The summed E-state index contributed by atoms with van der Waals surface area (Å²) in [6.07, 6.45) is 2.55. The molecule has 1 aliphatic heterocycles. The van der Waals surface area contributed by atoms with Gasteiger partial charge >= 0.3 is 5.97 Å². The first-order valence-corrected chi connectivity index (χ1v) is 6.56. The Morgan fingerprint density at radius 2 is 2.26 bits per heavy atom. The minimum absolute atomic E-state index is 0.0441. The Labute approximate surface area is 111 Å². The van der Waals surface area contributed by atoms with Crippen molar-refractivity contribution in [2.75, 3.05) is 18.0 Å². The Bertz CT molecular complexity index is 530. The Balaban J connectivity index is 1.86. The standard InChI is InChI=1S/C14H17FN2O2/c15-11-4-1-9-5-6-17(12(9)7-11)8-14(16,13(18)19)10-2-3-10/h1,4,7,10H,2-3,5-6,8,16H2,(H,18,19). The van der Waals surface area contributed by atoms with Crippen LogP contribution in [0, 0.1) is 11.7 Å². The lowest BCUT2D eigenvalue weighted by atomic mass is 9.94. The largest absolute Gasteiger partial charge is 0.480 e. The highest BCUT2D eigenvalue weighted by atomic mass is 19.1. The molecule has 0 amide bonds. The van der Waals surface area contributed by atoms with E-state index in [9.17, 15) is 14.3 Å². The zero-order valence-corrected chi connectivity index (χ0v) is 10.6. The van der Waals surface area contributed by atoms with Crippen LogP contribution in [0.5, 0.6) is 0 Å². The topological polar surface area (TPSA) is 66.6 Å². The summed E-state index contributed by atoms with van der Waals surface area (Å²) in [5.74, 6) is -1.21. The van der Waals surface area contributed by atoms with Crippen LogP contribution in [0.3, 0.4) is 0 Å². The summed E-state index contributed by atoms with van der Waals surface area (Å²) in [5.41, 5.74) is 6.72. The number of hydrogen-bond acceptors (Lipinski definition) is 3. The number of rotatable bonds is 4. The first kappa shape index (κ1) is 12.4. The van der Waals surface area contributed by atoms with Gasteiger partial charge in [-0.3, -0.25) is 4.79 Å². The van der Waals surface area contributed by atoms with Gasteiger partial charge in [-0.25, -0.2) is 4.39 Å². The monoisotopic (exact) mass is 264 g/mol. The zero-order chi connectivity index (χ0) is 13.6. The lowest BCUT2D eigenvalue weighted by Crippen LogP contribution is -2.57. The van der Waals surface area contributed by atoms with Gasteiger partial charge < -0.3 is 15.7 Å². The van der Waals surface area contributed by atoms with Crippen LogP contribution in [0.1, 0.15) is 18.4 Å². The molecule has 0 saturated heterocycles. The highest BCUT2D eigenvalue weighted by molar-refractivity contribution is 5.81. The van der Waals surface area contributed by atoms with Gasteiger partial charge in [0.2, 0.25) is 0 Å². The van der Waals surface area contributed by atoms with Crippen LogP contribution in [0.25, 0.3) is 0 Å². The lowest BCUT2D eigenvalue weighted by Gasteiger charge is -2.31. The van der Waals surface area contributed by atoms with E-state index in [0.717, 1.165) is 30.5 Å². The highest BCUT2D eigenvalue weighted by Crippen LogP contribution is 2.40. The number of hydrogen-bond donors (Lipinski definition) is 2. The molecule has 1 heterocycles. The number of aliphatic carboxylic acids is 1. The average Bonchev–Trinajstić information content (AvgIpc) is 3.14. The Morgan fingerprint density at radius 3 is 2.89 bits per heavy atom. The maximum Gasteiger partial charge on any atom is 0.325 e. The van der Waals surface area contributed by atoms with E-state index in [-0.39, 0.29) is 18.3 Å². The van der Waals surface area contributed by atoms with E-state index in [0.29, 0.717) is 6.54 Å². The molecule has 0 spiro atoms. The van der Waals surface area contributed by atoms with Crippen LogP contribution in [0.4, 0.5) is 10.1 Å². The Kier molecular flexibility index (Phi) is 2.74. The molecular formula is C14H17FN2O2. The summed E-state index contributed by atoms with van der Waals surface area (Å²) in [4.78, 5) is 13.4. The van der Waals surface area contributed by atoms with Crippen LogP contribution < -0.4 is 10.6 Å². The fourth-order valence-electron chi connectivity index (χ4n) is 2.87. The first-order chi connectivity index (χ1) is 9.00. The summed E-state index contributed by atoms with van der Waals surface area (Å²) in [5, 5.41) is 9.38. The molecule has 1 aromatic carbocycles. The number of carboxylic acids is 1. The number of fused-ring (bicyclic) bond motifs is 1. The van der Waals surface area contributed by atoms with Crippen molar-refractivity contribution in [1.29, 1.82) is 0 Å². The molecule has 3 N–H and O–H groups in total. The van der Waals surface area contributed by atoms with E-state index in [1.165, 1.54) is 12.1 Å². The maximum absolute atomic E-state index is 13.3. The molecule has 2 aliphatic rings. The predicted octanol–water partition coefficient (Wildman–Crippen LogP) is 1.38. The Hall–Kier alpha value is -1.62. The second-order valence-electron chi connectivity index (χ2n) is 5.56. The van der Waals surface area contributed by atoms with Crippen molar-refractivity contribution in [3.63, 3.8) is 0 Å². The van der Waals surface area contributed by atoms with E-state index in [1.807, 2.05) is 4.90 Å². The molecule has 4 nitrogen and oxygen atoms in total. The molecule has 5 heteroatoms. The normalized spacial score (nSPS) is 21.1. The number of benzene rings is 1. The lowest BCUT2D eigenvalue weighted by molar-refractivity contribution is -0.143. The van der Waals surface area contributed by atoms with Gasteiger partial charge in [-0.2, -0.15) is 0 Å². The number of halogens is 1. The van der Waals surface area contributed by atoms with Gasteiger partial charge in [-0.15, -0.1) is 0 Å². The van der Waals surface area contributed by atoms with Gasteiger partial charge in [0.05, 0.1) is 0 Å². The predicted molar refractivity (Wildman–Crippen MR) is 69.6 cm³/mol. The van der Waals surface area contributed by atoms with Gasteiger partial charge in [0, 0.05) is 18.8 Å².